The number of phenols is 4. The van der Waals surface area contributed by atoms with Gasteiger partial charge in [-0.1, -0.05) is 36.4 Å². The Kier molecular flexibility index (Phi) is 23.0. The number of nitrogens with zero attached hydrogens (tertiary/aromatic N) is 5. The zero-order chi connectivity index (χ0) is 71.4. The molecular weight excluding hydrogens is 1300 g/mol. The number of nitrogen functional groups attached to an aromatic ring is 3. The summed E-state index contributed by atoms with van der Waals surface area (Å²) in [7, 11) is 0. The number of hydrogen-bond acceptors (Lipinski definition) is 22. The number of carbonyl (C=O) groups excluding carboxylic acids is 12. The largest absolute Gasteiger partial charge is 0.508 e. The van der Waals surface area contributed by atoms with Crippen molar-refractivity contribution in [2.45, 2.75) is 102 Å². The molecule has 32 nitrogen and oxygen atoms in total. The van der Waals surface area contributed by atoms with Crippen molar-refractivity contribution in [3.63, 3.8) is 0 Å². The van der Waals surface area contributed by atoms with Gasteiger partial charge in [0.05, 0.1) is 22.6 Å². The Hall–Kier alpha value is -12.1. The van der Waals surface area contributed by atoms with Crippen LogP contribution in [-0.4, -0.2) is 155 Å². The van der Waals surface area contributed by atoms with Crippen LogP contribution in [0.4, 0.5) is 22.7 Å². The van der Waals surface area contributed by atoms with Crippen molar-refractivity contribution in [3.8, 4) is 23.0 Å². The molecule has 8 aliphatic heterocycles. The summed E-state index contributed by atoms with van der Waals surface area (Å²) in [5.41, 5.74) is 23.6. The van der Waals surface area contributed by atoms with Crippen LogP contribution in [0.1, 0.15) is 115 Å². The fraction of sp³-hybridized carbons (Fsp3) is 0.262. The van der Waals surface area contributed by atoms with Gasteiger partial charge in [-0.25, -0.2) is 4.21 Å². The molecule has 0 aliphatic carbocycles. The molecule has 12 amide bonds. The van der Waals surface area contributed by atoms with Crippen molar-refractivity contribution in [3.05, 3.63) is 176 Å². The monoisotopic (exact) mass is 1370 g/mol. The Bertz CT molecular complexity index is 3930. The Morgan fingerprint density at radius 3 is 0.847 bits per heavy atom. The van der Waals surface area contributed by atoms with Crippen molar-refractivity contribution in [2.24, 2.45) is 0 Å². The molecule has 0 bridgehead atoms. The smallest absolute Gasteiger partial charge is 0.275 e. The molecule has 14 rings (SSSR count). The minimum atomic E-state index is -1.61. The minimum Gasteiger partial charge on any atom is -0.508 e. The second-order valence-corrected chi connectivity index (χ2v) is 23.6. The third-order valence-electron chi connectivity index (χ3n) is 16.3. The number of anilines is 3. The van der Waals surface area contributed by atoms with Crippen LogP contribution in [0.3, 0.4) is 0 Å². The van der Waals surface area contributed by atoms with Gasteiger partial charge < -0.3 is 61.8 Å². The average Bonchev–Trinajstić information content (AvgIpc) is 1.66. The van der Waals surface area contributed by atoms with Crippen molar-refractivity contribution in [2.75, 3.05) is 23.5 Å². The Morgan fingerprint density at radius 1 is 0.408 bits per heavy atom. The summed E-state index contributed by atoms with van der Waals surface area (Å²) in [6.45, 7) is 0.991. The van der Waals surface area contributed by atoms with E-state index in [2.05, 4.69) is 21.3 Å². The van der Waals surface area contributed by atoms with Crippen LogP contribution in [0.5, 0.6) is 23.0 Å². The van der Waals surface area contributed by atoms with E-state index < -0.39 is 69.7 Å². The van der Waals surface area contributed by atoms with E-state index in [4.69, 9.17) is 46.4 Å². The van der Waals surface area contributed by atoms with E-state index >= 15 is 0 Å². The number of fused-ring (bicyclic) bond motifs is 4. The zero-order valence-electron chi connectivity index (χ0n) is 52.1. The summed E-state index contributed by atoms with van der Waals surface area (Å²) in [5, 5.41) is 54.6. The van der Waals surface area contributed by atoms with Gasteiger partial charge in [0.1, 0.15) is 58.2 Å². The van der Waals surface area contributed by atoms with Crippen molar-refractivity contribution in [1.82, 2.24) is 40.9 Å². The number of amides is 12. The molecule has 33 heteroatoms. The first-order chi connectivity index (χ1) is 46.5. The van der Waals surface area contributed by atoms with Crippen LogP contribution in [0.2, 0.25) is 0 Å². The third kappa shape index (κ3) is 17.0. The zero-order valence-corrected chi connectivity index (χ0v) is 52.9. The maximum atomic E-state index is 12.3. The van der Waals surface area contributed by atoms with Gasteiger partial charge in [-0.2, -0.15) is 0 Å². The number of imide groups is 4. The number of aromatic hydroxyl groups is 4. The molecule has 8 aliphatic rings. The number of phenolic OH excluding ortho intramolecular Hbond substituents is 4. The van der Waals surface area contributed by atoms with Gasteiger partial charge in [0, 0.05) is 120 Å². The topological polar surface area (TPSA) is 505 Å². The lowest BCUT2D eigenvalue weighted by Gasteiger charge is -2.29. The summed E-state index contributed by atoms with van der Waals surface area (Å²) < 4.78 is 16.6. The highest BCUT2D eigenvalue weighted by Crippen LogP contribution is 2.36. The van der Waals surface area contributed by atoms with Gasteiger partial charge in [0.2, 0.25) is 47.3 Å². The molecule has 98 heavy (non-hydrogen) atoms. The summed E-state index contributed by atoms with van der Waals surface area (Å²) in [6, 6.07) is 29.0. The summed E-state index contributed by atoms with van der Waals surface area (Å²) >= 11 is -1.61. The van der Waals surface area contributed by atoms with Gasteiger partial charge in [-0.15, -0.1) is 0 Å². The fourth-order valence-electron chi connectivity index (χ4n) is 11.6. The van der Waals surface area contributed by atoms with Gasteiger partial charge >= 0.3 is 0 Å². The van der Waals surface area contributed by atoms with Crippen LogP contribution >= 0.6 is 0 Å². The number of nitro groups is 1. The molecule has 5 atom stereocenters. The first-order valence-corrected chi connectivity index (χ1v) is 31.5. The molecule has 0 saturated carbocycles. The number of nitro benzene ring substituents is 1. The Labute approximate surface area is 559 Å². The summed E-state index contributed by atoms with van der Waals surface area (Å²) in [6.07, 6.45) is 3.44. The molecule has 4 fully saturated rings. The number of benzene rings is 6. The van der Waals surface area contributed by atoms with Gasteiger partial charge in [-0.05, 0) is 92.4 Å². The highest BCUT2D eigenvalue weighted by Gasteiger charge is 2.44. The predicted octanol–water partition coefficient (Wildman–Crippen LogP) is 2.48. The maximum absolute atomic E-state index is 12.3. The number of piperidine rings is 4. The van der Waals surface area contributed by atoms with Crippen molar-refractivity contribution >= 4 is 105 Å². The van der Waals surface area contributed by atoms with E-state index in [1.165, 1.54) is 80.5 Å². The predicted molar refractivity (Wildman–Crippen MR) is 346 cm³/mol. The fourth-order valence-corrected chi connectivity index (χ4v) is 11.6. The SMILES string of the molecule is CS(=O)O.Nc1cccc2c1CN(C1CCC(=O)NC1=O)C2=O.Nc1cccc2c1CN(C1CCC(=O)NC1=O)C2=O.Nc1cccc2c1CN(C1CCC(=O)NC1=O)C2=O.O=C1CCC(N2Cc3c(cccc3[N+](=O)[O-])C2=O)C(=O)N1.Oc1cccc(O)c1.Oc1cccc(O)c1. The number of hydrogen-bond donors (Lipinski definition) is 12. The summed E-state index contributed by atoms with van der Waals surface area (Å²) in [4.78, 5) is 157. The van der Waals surface area contributed by atoms with Crippen LogP contribution < -0.4 is 38.5 Å². The van der Waals surface area contributed by atoms with Crippen LogP contribution in [0.15, 0.2) is 121 Å². The quantitative estimate of drug-likeness (QED) is 0.0388. The first-order valence-electron chi connectivity index (χ1n) is 30.0. The number of nitrogens with two attached hydrogens (primary N) is 3. The summed E-state index contributed by atoms with van der Waals surface area (Å²) in [5.74, 6) is -3.64. The number of nitrogens with one attached hydrogen (secondary N) is 4. The van der Waals surface area contributed by atoms with E-state index in [1.54, 1.807) is 66.7 Å². The lowest BCUT2D eigenvalue weighted by atomic mass is 10.0. The highest BCUT2D eigenvalue weighted by atomic mass is 32.2. The van der Waals surface area contributed by atoms with Crippen LogP contribution in [-0.2, 0) is 75.6 Å². The van der Waals surface area contributed by atoms with E-state index in [1.807, 2.05) is 0 Å². The second-order valence-electron chi connectivity index (χ2n) is 22.7. The molecule has 5 unspecified atom stereocenters. The van der Waals surface area contributed by atoms with Gasteiger partial charge in [0.15, 0.2) is 0 Å². The molecule has 15 N–H and O–H groups in total. The maximum Gasteiger partial charge on any atom is 0.275 e. The van der Waals surface area contributed by atoms with Crippen LogP contribution in [0.25, 0.3) is 0 Å². The molecule has 6 aromatic rings. The molecule has 4 saturated heterocycles. The highest BCUT2D eigenvalue weighted by molar-refractivity contribution is 7.78. The first kappa shape index (κ1) is 71.7. The normalized spacial score (nSPS) is 19.7. The van der Waals surface area contributed by atoms with Gasteiger partial charge in [0.25, 0.3) is 29.3 Å². The molecule has 0 aromatic heterocycles. The van der Waals surface area contributed by atoms with E-state index in [-0.39, 0.29) is 114 Å². The third-order valence-corrected chi connectivity index (χ3v) is 16.3. The van der Waals surface area contributed by atoms with Gasteiger partial charge in [-0.3, -0.25) is 88.9 Å². The standard InChI is InChI=1S/C13H11N3O5.3C13H13N3O3.2C6H6O2.CH4O2S/c17-11-5-4-10(12(18)14-11)15-6-8-7(13(15)19)2-1-3-9(8)16(20)21;3*14-9-3-1-2-7-8(9)6-16(13(7)19)10-4-5-11(17)15-12(10)18;2*7-5-2-1-3-6(8)4-5;1-4(2)3/h1-3,10H,4-6H2,(H,14,17,18);3*1-3,10H,4-6,14H2,(H,15,17,18);2*1-4,7-8H;1H3,(H,2,3). The Balaban J connectivity index is 0.000000152. The number of rotatable bonds is 5. The number of carbonyl (C=O) groups is 12. The molecule has 0 radical (unpaired) electrons. The molecule has 8 heterocycles. The van der Waals surface area contributed by atoms with Crippen LogP contribution in [0, 0.1) is 10.1 Å². The average molecular weight is 1370 g/mol. The Morgan fingerprint density at radius 2 is 0.633 bits per heavy atom. The molecule has 6 aromatic carbocycles. The minimum absolute atomic E-state index is 0.0115. The van der Waals surface area contributed by atoms with E-state index in [0.29, 0.717) is 78.2 Å². The lowest BCUT2D eigenvalue weighted by Crippen LogP contribution is -2.52. The molecule has 0 spiro atoms. The van der Waals surface area contributed by atoms with Crippen molar-refractivity contribution in [1.29, 1.82) is 0 Å². The molecular formula is C65H66N12O20S. The van der Waals surface area contributed by atoms with E-state index in [9.17, 15) is 67.6 Å². The molecule has 512 valence electrons. The lowest BCUT2D eigenvalue weighted by molar-refractivity contribution is -0.385. The van der Waals surface area contributed by atoms with E-state index in [0.717, 1.165) is 16.7 Å². The second kappa shape index (κ2) is 31.4. The van der Waals surface area contributed by atoms with Crippen molar-refractivity contribution < 1.29 is 91.6 Å².